The number of rotatable bonds is 39. The zero-order valence-electron chi connectivity index (χ0n) is 35.9. The van der Waals surface area contributed by atoms with Gasteiger partial charge in [-0.15, -0.1) is 0 Å². The first kappa shape index (κ1) is 54.1. The molecule has 1 aliphatic carbocycles. The molecule has 6 atom stereocenters. The third-order valence-corrected chi connectivity index (χ3v) is 11.9. The number of hydrogen-bond acceptors (Lipinski definition) is 11. The van der Waals surface area contributed by atoms with Gasteiger partial charge in [0, 0.05) is 13.0 Å². The number of esters is 1. The largest absolute Gasteiger partial charge is 0.472 e. The summed E-state index contributed by atoms with van der Waals surface area (Å²) >= 11 is 0. The second-order valence-corrected chi connectivity index (χ2v) is 17.7. The summed E-state index contributed by atoms with van der Waals surface area (Å²) in [7, 11) is -5.01. The molecule has 1 fully saturated rings. The fourth-order valence-corrected chi connectivity index (χ4v) is 8.15. The number of phosphoric acid groups is 1. The van der Waals surface area contributed by atoms with Gasteiger partial charge < -0.3 is 39.9 Å². The van der Waals surface area contributed by atoms with Crippen LogP contribution in [0.1, 0.15) is 200 Å². The molecule has 338 valence electrons. The van der Waals surface area contributed by atoms with Gasteiger partial charge in [-0.1, -0.05) is 167 Å². The standard InChI is InChI=1S/C44H85O12P/c1-3-5-7-9-11-13-15-17-18-19-20-21-23-25-27-29-31-33-38(45)55-37(35-53-34-32-30-28-26-24-22-16-14-12-10-8-6-4-2)36-54-57(51,52)56-44-42(49)40(47)39(46)41(48)43(44)50/h12,14,37,39-44,46-50H,3-11,13,15-36H2,1-2H3,(H,51,52)/b14-12-. The predicted molar refractivity (Wildman–Crippen MR) is 226 cm³/mol. The Labute approximate surface area is 346 Å². The van der Waals surface area contributed by atoms with Crippen LogP contribution in [0, 0.1) is 0 Å². The normalized spacial score (nSPS) is 22.9. The molecular weight excluding hydrogens is 751 g/mol. The van der Waals surface area contributed by atoms with Crippen molar-refractivity contribution in [3.63, 3.8) is 0 Å². The van der Waals surface area contributed by atoms with Gasteiger partial charge in [-0.25, -0.2) is 4.57 Å². The minimum absolute atomic E-state index is 0.0757. The lowest BCUT2D eigenvalue weighted by atomic mass is 9.85. The Bertz CT molecular complexity index is 1000. The van der Waals surface area contributed by atoms with E-state index in [4.69, 9.17) is 18.5 Å². The Morgan fingerprint density at radius 2 is 0.930 bits per heavy atom. The van der Waals surface area contributed by atoms with Crippen LogP contribution in [-0.4, -0.2) is 98.9 Å². The van der Waals surface area contributed by atoms with Gasteiger partial charge in [0.2, 0.25) is 0 Å². The molecule has 0 bridgehead atoms. The monoisotopic (exact) mass is 837 g/mol. The molecule has 6 unspecified atom stereocenters. The molecule has 1 saturated carbocycles. The van der Waals surface area contributed by atoms with Gasteiger partial charge in [-0.05, 0) is 38.5 Å². The smallest absolute Gasteiger partial charge is 0.457 e. The quantitative estimate of drug-likeness (QED) is 0.0149. The third kappa shape index (κ3) is 28.3. The molecule has 6 N–H and O–H groups in total. The van der Waals surface area contributed by atoms with Crippen LogP contribution in [0.15, 0.2) is 12.2 Å². The van der Waals surface area contributed by atoms with Crippen molar-refractivity contribution in [2.75, 3.05) is 19.8 Å². The van der Waals surface area contributed by atoms with Crippen molar-refractivity contribution in [2.24, 2.45) is 0 Å². The van der Waals surface area contributed by atoms with E-state index >= 15 is 0 Å². The van der Waals surface area contributed by atoms with Crippen molar-refractivity contribution in [2.45, 2.75) is 243 Å². The Morgan fingerprint density at radius 1 is 0.544 bits per heavy atom. The molecule has 0 aliphatic heterocycles. The third-order valence-electron chi connectivity index (χ3n) is 10.9. The van der Waals surface area contributed by atoms with Crippen LogP contribution in [-0.2, 0) is 27.9 Å². The molecule has 1 aliphatic rings. The van der Waals surface area contributed by atoms with E-state index in [1.54, 1.807) is 0 Å². The summed E-state index contributed by atoms with van der Waals surface area (Å²) in [6, 6.07) is 0. The maximum Gasteiger partial charge on any atom is 0.472 e. The number of allylic oxidation sites excluding steroid dienone is 2. The molecule has 57 heavy (non-hydrogen) atoms. The Kier molecular flexibility index (Phi) is 34.0. The van der Waals surface area contributed by atoms with Gasteiger partial charge in [0.25, 0.3) is 0 Å². The van der Waals surface area contributed by atoms with Gasteiger partial charge in [-0.2, -0.15) is 0 Å². The van der Waals surface area contributed by atoms with Gasteiger partial charge >= 0.3 is 13.8 Å². The van der Waals surface area contributed by atoms with E-state index in [0.29, 0.717) is 13.0 Å². The van der Waals surface area contributed by atoms with Gasteiger partial charge in [0.1, 0.15) is 42.7 Å². The SMILES string of the molecule is CCCCC/C=C\CCCCCCCCOCC(COP(=O)(O)OC1C(O)C(O)C(O)C(O)C1O)OC(=O)CCCCCCCCCCCCCCCCCCC. The fourth-order valence-electron chi connectivity index (χ4n) is 7.17. The lowest BCUT2D eigenvalue weighted by Gasteiger charge is -2.41. The van der Waals surface area contributed by atoms with E-state index in [1.165, 1.54) is 122 Å². The van der Waals surface area contributed by atoms with Crippen molar-refractivity contribution in [3.05, 3.63) is 12.2 Å². The molecule has 0 amide bonds. The van der Waals surface area contributed by atoms with E-state index in [-0.39, 0.29) is 13.0 Å². The van der Waals surface area contributed by atoms with Crippen LogP contribution in [0.4, 0.5) is 0 Å². The molecule has 0 aromatic rings. The number of carbonyl (C=O) groups is 1. The minimum atomic E-state index is -5.01. The topological polar surface area (TPSA) is 192 Å². The first-order chi connectivity index (χ1) is 27.5. The number of unbranched alkanes of at least 4 members (excludes halogenated alkanes) is 25. The lowest BCUT2D eigenvalue weighted by molar-refractivity contribution is -0.220. The number of aliphatic hydroxyl groups excluding tert-OH is 5. The minimum Gasteiger partial charge on any atom is -0.457 e. The molecule has 0 heterocycles. The molecule has 0 aromatic heterocycles. The van der Waals surface area contributed by atoms with Crippen molar-refractivity contribution in [3.8, 4) is 0 Å². The van der Waals surface area contributed by atoms with Crippen LogP contribution in [0.2, 0.25) is 0 Å². The highest BCUT2D eigenvalue weighted by molar-refractivity contribution is 7.47. The van der Waals surface area contributed by atoms with Crippen LogP contribution in [0.5, 0.6) is 0 Å². The Morgan fingerprint density at radius 3 is 1.42 bits per heavy atom. The van der Waals surface area contributed by atoms with Crippen LogP contribution < -0.4 is 0 Å². The average molecular weight is 837 g/mol. The maximum atomic E-state index is 12.8. The van der Waals surface area contributed by atoms with Crippen LogP contribution in [0.25, 0.3) is 0 Å². The molecule has 12 nitrogen and oxygen atoms in total. The fraction of sp³-hybridized carbons (Fsp3) is 0.932. The first-order valence-electron chi connectivity index (χ1n) is 23.0. The summed E-state index contributed by atoms with van der Waals surface area (Å²) in [5, 5.41) is 50.1. The highest BCUT2D eigenvalue weighted by Crippen LogP contribution is 2.47. The van der Waals surface area contributed by atoms with E-state index in [9.17, 15) is 39.8 Å². The number of carbonyl (C=O) groups excluding carboxylic acids is 1. The summed E-state index contributed by atoms with van der Waals surface area (Å²) < 4.78 is 34.1. The summed E-state index contributed by atoms with van der Waals surface area (Å²) in [5.41, 5.74) is 0. The summed E-state index contributed by atoms with van der Waals surface area (Å²) in [5.74, 6) is -0.476. The van der Waals surface area contributed by atoms with E-state index in [2.05, 4.69) is 26.0 Å². The molecule has 1 rings (SSSR count). The van der Waals surface area contributed by atoms with Gasteiger partial charge in [0.05, 0.1) is 13.2 Å². The summed E-state index contributed by atoms with van der Waals surface area (Å²) in [6.07, 6.45) is 25.6. The Hall–Kier alpha value is -0.920. The molecule has 13 heteroatoms. The number of aliphatic hydroxyl groups is 5. The lowest BCUT2D eigenvalue weighted by Crippen LogP contribution is -2.64. The zero-order valence-corrected chi connectivity index (χ0v) is 36.8. The number of phosphoric ester groups is 1. The maximum absolute atomic E-state index is 12.8. The summed E-state index contributed by atoms with van der Waals surface area (Å²) in [6.45, 7) is 4.24. The molecule has 0 spiro atoms. The Balaban J connectivity index is 2.38. The number of ether oxygens (including phenoxy) is 2. The zero-order chi connectivity index (χ0) is 42.0. The second-order valence-electron chi connectivity index (χ2n) is 16.3. The molecule has 0 radical (unpaired) electrons. The van der Waals surface area contributed by atoms with Gasteiger partial charge in [0.15, 0.2) is 0 Å². The van der Waals surface area contributed by atoms with E-state index in [1.807, 2.05) is 0 Å². The van der Waals surface area contributed by atoms with E-state index in [0.717, 1.165) is 51.4 Å². The van der Waals surface area contributed by atoms with Gasteiger partial charge in [-0.3, -0.25) is 13.8 Å². The second kappa shape index (κ2) is 35.8. The first-order valence-corrected chi connectivity index (χ1v) is 24.5. The highest BCUT2D eigenvalue weighted by Gasteiger charge is 2.51. The summed E-state index contributed by atoms with van der Waals surface area (Å²) in [4.78, 5) is 23.1. The van der Waals surface area contributed by atoms with E-state index < -0.39 is 63.1 Å². The van der Waals surface area contributed by atoms with Crippen LogP contribution >= 0.6 is 7.82 Å². The average Bonchev–Trinajstić information content (AvgIpc) is 3.19. The van der Waals surface area contributed by atoms with Crippen molar-refractivity contribution >= 4 is 13.8 Å². The predicted octanol–water partition coefficient (Wildman–Crippen LogP) is 9.14. The highest BCUT2D eigenvalue weighted by atomic mass is 31.2. The van der Waals surface area contributed by atoms with Crippen molar-refractivity contribution in [1.82, 2.24) is 0 Å². The molecular formula is C44H85O12P. The molecule has 0 aromatic carbocycles. The number of hydrogen-bond donors (Lipinski definition) is 6. The van der Waals surface area contributed by atoms with Crippen molar-refractivity contribution in [1.29, 1.82) is 0 Å². The van der Waals surface area contributed by atoms with Crippen LogP contribution in [0.3, 0.4) is 0 Å². The molecule has 0 saturated heterocycles. The van der Waals surface area contributed by atoms with Crippen molar-refractivity contribution < 1.29 is 58.3 Å².